The Kier molecular flexibility index (Phi) is 3.91. The van der Waals surface area contributed by atoms with E-state index in [9.17, 15) is 16.8 Å². The van der Waals surface area contributed by atoms with Crippen molar-refractivity contribution in [3.8, 4) is 0 Å². The number of hydrogen-bond donors (Lipinski definition) is 1. The van der Waals surface area contributed by atoms with Gasteiger partial charge in [-0.3, -0.25) is 4.31 Å². The predicted octanol–water partition coefficient (Wildman–Crippen LogP) is 1.48. The number of aryl methyl sites for hydroxylation is 1. The van der Waals surface area contributed by atoms with Crippen LogP contribution in [0, 0.1) is 0 Å². The zero-order chi connectivity index (χ0) is 16.7. The standard InChI is InChI=1S/C15H16N2O4S2/c16-22(18,19)13-7-9-14(10-8-13)23(20,21)17-11-3-5-12-4-1-2-6-15(12)17/h1-2,4,6-10H,3,5,11H2,(H2,16,18,19). The summed E-state index contributed by atoms with van der Waals surface area (Å²) in [4.78, 5) is -0.0721. The van der Waals surface area contributed by atoms with Crippen LogP contribution in [-0.2, 0) is 26.5 Å². The second kappa shape index (κ2) is 5.63. The lowest BCUT2D eigenvalue weighted by Crippen LogP contribution is -2.35. The molecule has 3 rings (SSSR count). The molecule has 0 unspecified atom stereocenters. The zero-order valence-corrected chi connectivity index (χ0v) is 13.8. The van der Waals surface area contributed by atoms with Crippen LogP contribution < -0.4 is 9.44 Å². The normalized spacial score (nSPS) is 15.3. The molecule has 1 heterocycles. The molecule has 1 aliphatic rings. The third kappa shape index (κ3) is 2.97. The molecule has 0 aliphatic carbocycles. The number of fused-ring (bicyclic) bond motifs is 1. The average Bonchev–Trinajstić information content (AvgIpc) is 2.53. The molecule has 2 aromatic carbocycles. The molecule has 0 amide bonds. The van der Waals surface area contributed by atoms with Crippen LogP contribution in [0.5, 0.6) is 0 Å². The van der Waals surface area contributed by atoms with E-state index in [-0.39, 0.29) is 9.79 Å². The topological polar surface area (TPSA) is 97.5 Å². The van der Waals surface area contributed by atoms with Crippen molar-refractivity contribution >= 4 is 25.7 Å². The molecular formula is C15H16N2O4S2. The summed E-state index contributed by atoms with van der Waals surface area (Å²) < 4.78 is 49.6. The number of nitrogens with two attached hydrogens (primary N) is 1. The number of sulfonamides is 2. The Labute approximate surface area is 135 Å². The highest BCUT2D eigenvalue weighted by atomic mass is 32.2. The first-order valence-corrected chi connectivity index (χ1v) is 10.0. The van der Waals surface area contributed by atoms with Gasteiger partial charge in [-0.2, -0.15) is 0 Å². The third-order valence-electron chi connectivity index (χ3n) is 3.81. The van der Waals surface area contributed by atoms with Gasteiger partial charge in [0.2, 0.25) is 10.0 Å². The van der Waals surface area contributed by atoms with E-state index in [1.54, 1.807) is 12.1 Å². The molecule has 2 aromatic rings. The molecule has 2 N–H and O–H groups in total. The first-order chi connectivity index (χ1) is 10.8. The van der Waals surface area contributed by atoms with Crippen LogP contribution >= 0.6 is 0 Å². The van der Waals surface area contributed by atoms with Gasteiger partial charge in [-0.15, -0.1) is 0 Å². The summed E-state index contributed by atoms with van der Waals surface area (Å²) in [6.45, 7) is 0.399. The maximum absolute atomic E-state index is 12.9. The lowest BCUT2D eigenvalue weighted by molar-refractivity contribution is 0.585. The van der Waals surface area contributed by atoms with Crippen LogP contribution in [0.3, 0.4) is 0 Å². The predicted molar refractivity (Wildman–Crippen MR) is 87.1 cm³/mol. The smallest absolute Gasteiger partial charge is 0.264 e. The summed E-state index contributed by atoms with van der Waals surface area (Å²) in [5, 5.41) is 5.03. The van der Waals surface area contributed by atoms with Crippen molar-refractivity contribution < 1.29 is 16.8 Å². The minimum atomic E-state index is -3.85. The largest absolute Gasteiger partial charge is 0.266 e. The van der Waals surface area contributed by atoms with Crippen molar-refractivity contribution in [3.63, 3.8) is 0 Å². The third-order valence-corrected chi connectivity index (χ3v) is 6.56. The summed E-state index contributed by atoms with van der Waals surface area (Å²) >= 11 is 0. The molecule has 8 heteroatoms. The van der Waals surface area contributed by atoms with Gasteiger partial charge in [0.05, 0.1) is 15.5 Å². The summed E-state index contributed by atoms with van der Waals surface area (Å²) in [5.41, 5.74) is 1.66. The SMILES string of the molecule is NS(=O)(=O)c1ccc(S(=O)(=O)N2CCCc3ccccc32)cc1. The van der Waals surface area contributed by atoms with Crippen molar-refractivity contribution in [2.24, 2.45) is 5.14 Å². The molecule has 0 aromatic heterocycles. The van der Waals surface area contributed by atoms with E-state index < -0.39 is 20.0 Å². The van der Waals surface area contributed by atoms with Crippen LogP contribution in [0.15, 0.2) is 58.3 Å². The number of benzene rings is 2. The van der Waals surface area contributed by atoms with Crippen LogP contribution in [0.2, 0.25) is 0 Å². The lowest BCUT2D eigenvalue weighted by Gasteiger charge is -2.30. The Bertz CT molecular complexity index is 936. The number of anilines is 1. The maximum atomic E-state index is 12.9. The van der Waals surface area contributed by atoms with Crippen molar-refractivity contribution in [1.82, 2.24) is 0 Å². The fourth-order valence-electron chi connectivity index (χ4n) is 2.68. The van der Waals surface area contributed by atoms with Gasteiger partial charge >= 0.3 is 0 Å². The molecule has 122 valence electrons. The van der Waals surface area contributed by atoms with Gasteiger partial charge in [-0.25, -0.2) is 22.0 Å². The van der Waals surface area contributed by atoms with Crippen LogP contribution in [0.25, 0.3) is 0 Å². The summed E-state index contributed by atoms with van der Waals surface area (Å²) in [6.07, 6.45) is 1.58. The molecule has 6 nitrogen and oxygen atoms in total. The van der Waals surface area contributed by atoms with Gasteiger partial charge in [-0.1, -0.05) is 18.2 Å². The van der Waals surface area contributed by atoms with Gasteiger partial charge < -0.3 is 0 Å². The fourth-order valence-corrected chi connectivity index (χ4v) is 4.73. The van der Waals surface area contributed by atoms with Crippen molar-refractivity contribution in [2.45, 2.75) is 22.6 Å². The van der Waals surface area contributed by atoms with E-state index in [4.69, 9.17) is 5.14 Å². The Balaban J connectivity index is 2.03. The zero-order valence-electron chi connectivity index (χ0n) is 12.2. The summed E-state index contributed by atoms with van der Waals surface area (Å²) in [5.74, 6) is 0. The average molecular weight is 352 g/mol. The molecule has 1 aliphatic heterocycles. The van der Waals surface area contributed by atoms with Crippen LogP contribution in [0.4, 0.5) is 5.69 Å². The van der Waals surface area contributed by atoms with Gasteiger partial charge in [0, 0.05) is 6.54 Å². The molecular weight excluding hydrogens is 336 g/mol. The summed E-state index contributed by atoms with van der Waals surface area (Å²) in [7, 11) is -7.59. The Morgan fingerprint density at radius 1 is 0.870 bits per heavy atom. The second-order valence-corrected chi connectivity index (χ2v) is 8.75. The van der Waals surface area contributed by atoms with Gasteiger partial charge in [0.25, 0.3) is 10.0 Å². The van der Waals surface area contributed by atoms with E-state index in [0.717, 1.165) is 18.4 Å². The quantitative estimate of drug-likeness (QED) is 0.904. The highest BCUT2D eigenvalue weighted by Gasteiger charge is 2.29. The van der Waals surface area contributed by atoms with E-state index in [1.165, 1.54) is 28.6 Å². The number of hydrogen-bond acceptors (Lipinski definition) is 4. The molecule has 0 saturated carbocycles. The number of primary sulfonamides is 1. The van der Waals surface area contributed by atoms with E-state index in [2.05, 4.69) is 0 Å². The monoisotopic (exact) mass is 352 g/mol. The minimum absolute atomic E-state index is 0.0432. The van der Waals surface area contributed by atoms with Gasteiger partial charge in [0.1, 0.15) is 0 Å². The van der Waals surface area contributed by atoms with Crippen molar-refractivity contribution in [3.05, 3.63) is 54.1 Å². The highest BCUT2D eigenvalue weighted by Crippen LogP contribution is 2.31. The molecule has 0 spiro atoms. The number of rotatable bonds is 3. The van der Waals surface area contributed by atoms with Crippen molar-refractivity contribution in [2.75, 3.05) is 10.8 Å². The molecule has 0 radical (unpaired) electrons. The van der Waals surface area contributed by atoms with Crippen LogP contribution in [-0.4, -0.2) is 23.4 Å². The Morgan fingerprint density at radius 3 is 2.13 bits per heavy atom. The molecule has 23 heavy (non-hydrogen) atoms. The number of para-hydroxylation sites is 1. The minimum Gasteiger partial charge on any atom is -0.266 e. The van der Waals surface area contributed by atoms with Crippen molar-refractivity contribution in [1.29, 1.82) is 0 Å². The molecule has 0 saturated heterocycles. The van der Waals surface area contributed by atoms with E-state index in [0.29, 0.717) is 12.2 Å². The highest BCUT2D eigenvalue weighted by molar-refractivity contribution is 7.92. The Hall–Kier alpha value is -1.90. The van der Waals surface area contributed by atoms with Crippen LogP contribution in [0.1, 0.15) is 12.0 Å². The number of nitrogens with zero attached hydrogens (tertiary/aromatic N) is 1. The second-order valence-electron chi connectivity index (χ2n) is 5.33. The first-order valence-electron chi connectivity index (χ1n) is 7.04. The molecule has 0 fully saturated rings. The maximum Gasteiger partial charge on any atom is 0.264 e. The van der Waals surface area contributed by atoms with E-state index >= 15 is 0 Å². The summed E-state index contributed by atoms with van der Waals surface area (Å²) in [6, 6.07) is 12.3. The van der Waals surface area contributed by atoms with Gasteiger partial charge in [0.15, 0.2) is 0 Å². The molecule has 0 atom stereocenters. The Morgan fingerprint density at radius 2 is 1.48 bits per heavy atom. The molecule has 0 bridgehead atoms. The lowest BCUT2D eigenvalue weighted by atomic mass is 10.0. The van der Waals surface area contributed by atoms with E-state index in [1.807, 2.05) is 12.1 Å². The van der Waals surface area contributed by atoms with Gasteiger partial charge in [-0.05, 0) is 48.7 Å². The first kappa shape index (κ1) is 16.0. The fraction of sp³-hybridized carbons (Fsp3) is 0.200.